The highest BCUT2D eigenvalue weighted by Crippen LogP contribution is 1.98. The Bertz CT molecular complexity index is 138. The SMILES string of the molecule is C/C=C(\C)CCOC([O])=O. The van der Waals surface area contributed by atoms with Gasteiger partial charge in [-0.1, -0.05) is 11.6 Å². The number of carbonyl (C=O) groups is 1. The van der Waals surface area contributed by atoms with Crippen LogP contribution in [0.15, 0.2) is 11.6 Å². The third-order valence-electron chi connectivity index (χ3n) is 1.21. The molecule has 0 heterocycles. The summed E-state index contributed by atoms with van der Waals surface area (Å²) in [4.78, 5) is 9.72. The van der Waals surface area contributed by atoms with Crippen LogP contribution >= 0.6 is 0 Å². The maximum Gasteiger partial charge on any atom is 0.550 e. The second-order valence-electron chi connectivity index (χ2n) is 1.98. The molecule has 0 aliphatic rings. The molecule has 0 saturated carbocycles. The van der Waals surface area contributed by atoms with Crippen molar-refractivity contribution in [2.75, 3.05) is 6.61 Å². The number of rotatable bonds is 3. The van der Waals surface area contributed by atoms with Crippen LogP contribution in [-0.2, 0) is 9.84 Å². The molecule has 0 aromatic heterocycles. The number of ether oxygens (including phenoxy) is 1. The molecule has 0 aromatic rings. The molecular weight excluding hydrogens is 132 g/mol. The predicted molar refractivity (Wildman–Crippen MR) is 36.1 cm³/mol. The van der Waals surface area contributed by atoms with E-state index in [1.165, 1.54) is 0 Å². The van der Waals surface area contributed by atoms with Crippen molar-refractivity contribution in [3.63, 3.8) is 0 Å². The molecule has 0 atom stereocenters. The molecule has 0 amide bonds. The topological polar surface area (TPSA) is 46.2 Å². The Morgan fingerprint density at radius 2 is 2.20 bits per heavy atom. The first-order chi connectivity index (χ1) is 4.66. The van der Waals surface area contributed by atoms with E-state index in [-0.39, 0.29) is 6.61 Å². The third kappa shape index (κ3) is 5.15. The van der Waals surface area contributed by atoms with E-state index in [2.05, 4.69) is 4.74 Å². The van der Waals surface area contributed by atoms with Crippen LogP contribution in [0.25, 0.3) is 0 Å². The van der Waals surface area contributed by atoms with Crippen LogP contribution in [0.1, 0.15) is 20.3 Å². The minimum Gasteiger partial charge on any atom is -0.431 e. The van der Waals surface area contributed by atoms with Gasteiger partial charge in [-0.25, -0.2) is 0 Å². The third-order valence-corrected chi connectivity index (χ3v) is 1.21. The Hall–Kier alpha value is -0.990. The fraction of sp³-hybridized carbons (Fsp3) is 0.571. The van der Waals surface area contributed by atoms with Crippen molar-refractivity contribution in [2.24, 2.45) is 0 Å². The summed E-state index contributed by atoms with van der Waals surface area (Å²) in [6.45, 7) is 4.01. The molecule has 0 aliphatic heterocycles. The molecule has 0 unspecified atom stereocenters. The molecule has 0 rings (SSSR count). The van der Waals surface area contributed by atoms with E-state index in [1.807, 2.05) is 19.9 Å². The smallest absolute Gasteiger partial charge is 0.431 e. The van der Waals surface area contributed by atoms with Crippen molar-refractivity contribution in [2.45, 2.75) is 20.3 Å². The van der Waals surface area contributed by atoms with Crippen LogP contribution in [-0.4, -0.2) is 12.8 Å². The van der Waals surface area contributed by atoms with E-state index in [4.69, 9.17) is 0 Å². The second-order valence-corrected chi connectivity index (χ2v) is 1.98. The highest BCUT2D eigenvalue weighted by molar-refractivity contribution is 5.56. The summed E-state index contributed by atoms with van der Waals surface area (Å²) < 4.78 is 4.18. The van der Waals surface area contributed by atoms with Gasteiger partial charge < -0.3 is 4.74 Å². The first-order valence-electron chi connectivity index (χ1n) is 3.12. The van der Waals surface area contributed by atoms with Crippen molar-refractivity contribution >= 4 is 6.16 Å². The van der Waals surface area contributed by atoms with E-state index < -0.39 is 6.16 Å². The number of hydrogen-bond donors (Lipinski definition) is 0. The normalized spacial score (nSPS) is 11.2. The minimum absolute atomic E-state index is 0.193. The number of allylic oxidation sites excluding steroid dienone is 1. The van der Waals surface area contributed by atoms with Gasteiger partial charge in [0.1, 0.15) is 0 Å². The maximum absolute atomic E-state index is 9.72. The number of carbonyl (C=O) groups excluding carboxylic acids is 1. The van der Waals surface area contributed by atoms with Gasteiger partial charge >= 0.3 is 6.16 Å². The van der Waals surface area contributed by atoms with Crippen LogP contribution in [0, 0.1) is 0 Å². The molecule has 1 radical (unpaired) electrons. The lowest BCUT2D eigenvalue weighted by atomic mass is 10.2. The summed E-state index contributed by atoms with van der Waals surface area (Å²) >= 11 is 0. The zero-order valence-electron chi connectivity index (χ0n) is 6.22. The second kappa shape index (κ2) is 4.85. The van der Waals surface area contributed by atoms with Crippen LogP contribution in [0.4, 0.5) is 4.79 Å². The lowest BCUT2D eigenvalue weighted by Gasteiger charge is -1.97. The van der Waals surface area contributed by atoms with Gasteiger partial charge in [0.15, 0.2) is 0 Å². The number of hydrogen-bond acceptors (Lipinski definition) is 2. The molecular formula is C7H11O3. The Morgan fingerprint density at radius 3 is 2.60 bits per heavy atom. The average Bonchev–Trinajstić information content (AvgIpc) is 1.87. The van der Waals surface area contributed by atoms with E-state index in [0.29, 0.717) is 6.42 Å². The van der Waals surface area contributed by atoms with Crippen LogP contribution in [0.2, 0.25) is 0 Å². The lowest BCUT2D eigenvalue weighted by Crippen LogP contribution is -2.00. The van der Waals surface area contributed by atoms with Crippen molar-refractivity contribution in [1.82, 2.24) is 0 Å². The van der Waals surface area contributed by atoms with Gasteiger partial charge in [-0.15, -0.1) is 0 Å². The first-order valence-corrected chi connectivity index (χ1v) is 3.12. The summed E-state index contributed by atoms with van der Waals surface area (Å²) in [5.41, 5.74) is 1.11. The molecule has 0 saturated heterocycles. The highest BCUT2D eigenvalue weighted by atomic mass is 16.7. The minimum atomic E-state index is -1.45. The Balaban J connectivity index is 3.29. The van der Waals surface area contributed by atoms with E-state index >= 15 is 0 Å². The van der Waals surface area contributed by atoms with Gasteiger partial charge in [0.25, 0.3) is 0 Å². The lowest BCUT2D eigenvalue weighted by molar-refractivity contribution is 0.0688. The summed E-state index contributed by atoms with van der Waals surface area (Å²) in [6.07, 6.45) is 1.10. The highest BCUT2D eigenvalue weighted by Gasteiger charge is 1.97. The molecule has 0 fully saturated rings. The van der Waals surface area contributed by atoms with Crippen molar-refractivity contribution in [1.29, 1.82) is 0 Å². The standard InChI is InChI=1S/C7H11O3/c1-3-6(2)4-5-10-7(8)9/h3H,4-5H2,1-2H3/b6-3+. The Morgan fingerprint density at radius 1 is 1.60 bits per heavy atom. The van der Waals surface area contributed by atoms with Gasteiger partial charge in [0.05, 0.1) is 6.61 Å². The quantitative estimate of drug-likeness (QED) is 0.447. The monoisotopic (exact) mass is 143 g/mol. The molecule has 0 N–H and O–H groups in total. The molecule has 0 aliphatic carbocycles. The fourth-order valence-corrected chi connectivity index (χ4v) is 0.440. The zero-order chi connectivity index (χ0) is 7.98. The molecule has 3 nitrogen and oxygen atoms in total. The van der Waals surface area contributed by atoms with E-state index in [0.717, 1.165) is 5.57 Å². The van der Waals surface area contributed by atoms with Crippen molar-refractivity contribution in [3.8, 4) is 0 Å². The van der Waals surface area contributed by atoms with Crippen LogP contribution in [0.5, 0.6) is 0 Å². The molecule has 10 heavy (non-hydrogen) atoms. The molecule has 0 spiro atoms. The zero-order valence-corrected chi connectivity index (χ0v) is 6.22. The summed E-state index contributed by atoms with van der Waals surface area (Å²) in [5, 5.41) is 9.72. The van der Waals surface area contributed by atoms with Gasteiger partial charge in [-0.2, -0.15) is 9.90 Å². The Labute approximate surface area is 60.3 Å². The predicted octanol–water partition coefficient (Wildman–Crippen LogP) is 1.91. The first kappa shape index (κ1) is 9.01. The van der Waals surface area contributed by atoms with Gasteiger partial charge in [0.2, 0.25) is 0 Å². The van der Waals surface area contributed by atoms with Crippen molar-refractivity contribution < 1.29 is 14.6 Å². The van der Waals surface area contributed by atoms with E-state index in [1.54, 1.807) is 0 Å². The van der Waals surface area contributed by atoms with E-state index in [9.17, 15) is 9.90 Å². The maximum atomic E-state index is 9.72. The van der Waals surface area contributed by atoms with Crippen LogP contribution < -0.4 is 0 Å². The summed E-state index contributed by atoms with van der Waals surface area (Å²) in [5.74, 6) is 0. The molecule has 0 aromatic carbocycles. The molecule has 57 valence electrons. The van der Waals surface area contributed by atoms with Gasteiger partial charge in [-0.05, 0) is 13.8 Å². The largest absolute Gasteiger partial charge is 0.550 e. The Kier molecular flexibility index (Phi) is 4.37. The van der Waals surface area contributed by atoms with Crippen LogP contribution in [0.3, 0.4) is 0 Å². The average molecular weight is 143 g/mol. The van der Waals surface area contributed by atoms with Gasteiger partial charge in [0, 0.05) is 6.42 Å². The van der Waals surface area contributed by atoms with Gasteiger partial charge in [-0.3, -0.25) is 0 Å². The fourth-order valence-electron chi connectivity index (χ4n) is 0.440. The van der Waals surface area contributed by atoms with Crippen molar-refractivity contribution in [3.05, 3.63) is 11.6 Å². The molecule has 0 bridgehead atoms. The molecule has 3 heteroatoms. The summed E-state index contributed by atoms with van der Waals surface area (Å²) in [7, 11) is 0. The summed E-state index contributed by atoms with van der Waals surface area (Å²) in [6, 6.07) is 0.